The van der Waals surface area contributed by atoms with Crippen LogP contribution < -0.4 is 10.2 Å². The highest BCUT2D eigenvalue weighted by Gasteiger charge is 2.26. The van der Waals surface area contributed by atoms with Crippen LogP contribution in [0.5, 0.6) is 0 Å². The summed E-state index contributed by atoms with van der Waals surface area (Å²) >= 11 is 0. The van der Waals surface area contributed by atoms with E-state index in [4.69, 9.17) is 0 Å². The van der Waals surface area contributed by atoms with Crippen molar-refractivity contribution in [2.45, 2.75) is 32.4 Å². The van der Waals surface area contributed by atoms with E-state index < -0.39 is 11.6 Å². The number of carbonyl (C=O) groups is 1. The van der Waals surface area contributed by atoms with E-state index in [9.17, 15) is 13.6 Å². The highest BCUT2D eigenvalue weighted by molar-refractivity contribution is 5.78. The van der Waals surface area contributed by atoms with Crippen molar-refractivity contribution in [3.8, 4) is 0 Å². The molecule has 4 nitrogen and oxygen atoms in total. The first-order valence-electron chi connectivity index (χ1n) is 7.56. The third-order valence-corrected chi connectivity index (χ3v) is 4.08. The van der Waals surface area contributed by atoms with E-state index in [1.807, 2.05) is 30.7 Å². The van der Waals surface area contributed by atoms with Gasteiger partial charge in [0.2, 0.25) is 5.91 Å². The number of benzene rings is 1. The van der Waals surface area contributed by atoms with Gasteiger partial charge in [0, 0.05) is 31.2 Å². The van der Waals surface area contributed by atoms with Gasteiger partial charge in [-0.3, -0.25) is 9.69 Å². The van der Waals surface area contributed by atoms with Crippen molar-refractivity contribution in [1.82, 2.24) is 10.2 Å². The largest absolute Gasteiger partial charge is 0.367 e. The van der Waals surface area contributed by atoms with E-state index >= 15 is 0 Å². The van der Waals surface area contributed by atoms with Gasteiger partial charge >= 0.3 is 0 Å². The normalized spacial score (nSPS) is 18.3. The van der Waals surface area contributed by atoms with Crippen molar-refractivity contribution in [1.29, 1.82) is 0 Å². The summed E-state index contributed by atoms with van der Waals surface area (Å²) in [4.78, 5) is 15.8. The number of likely N-dealkylation sites (N-methyl/N-ethyl adjacent to an activating group) is 1. The number of amides is 1. The Balaban J connectivity index is 1.89. The van der Waals surface area contributed by atoms with E-state index in [0.29, 0.717) is 31.4 Å². The summed E-state index contributed by atoms with van der Waals surface area (Å²) in [6, 6.07) is 3.89. The standard InChI is InChI=1S/C16H23F2N3O/c1-11(2)20(3)10-16(22)19-13-6-7-21(9-13)15-5-4-12(17)8-14(15)18/h4-5,8,11,13H,6-7,9-10H2,1-3H3,(H,19,22)/t13-/m0/s1. The number of nitrogens with zero attached hydrogens (tertiary/aromatic N) is 2. The van der Waals surface area contributed by atoms with Gasteiger partial charge in [0.15, 0.2) is 0 Å². The second-order valence-electron chi connectivity index (χ2n) is 6.10. The quantitative estimate of drug-likeness (QED) is 0.903. The summed E-state index contributed by atoms with van der Waals surface area (Å²) in [6.45, 7) is 5.59. The lowest BCUT2D eigenvalue weighted by molar-refractivity contribution is -0.122. The summed E-state index contributed by atoms with van der Waals surface area (Å²) < 4.78 is 26.7. The molecule has 1 aliphatic heterocycles. The Labute approximate surface area is 130 Å². The molecule has 0 bridgehead atoms. The maximum Gasteiger partial charge on any atom is 0.234 e. The average Bonchev–Trinajstić information content (AvgIpc) is 2.86. The average molecular weight is 311 g/mol. The van der Waals surface area contributed by atoms with Gasteiger partial charge in [0.25, 0.3) is 0 Å². The molecule has 122 valence electrons. The minimum absolute atomic E-state index is 0.00230. The van der Waals surface area contributed by atoms with Crippen LogP contribution in [0.2, 0.25) is 0 Å². The van der Waals surface area contributed by atoms with Crippen LogP contribution in [0.15, 0.2) is 18.2 Å². The molecule has 0 aromatic heterocycles. The van der Waals surface area contributed by atoms with Gasteiger partial charge in [-0.2, -0.15) is 0 Å². The number of nitrogens with one attached hydrogen (secondary N) is 1. The molecule has 0 aliphatic carbocycles. The fourth-order valence-corrected chi connectivity index (χ4v) is 2.52. The number of anilines is 1. The first kappa shape index (κ1) is 16.7. The molecule has 0 spiro atoms. The molecule has 2 rings (SSSR count). The molecular formula is C16H23F2N3O. The van der Waals surface area contributed by atoms with Crippen LogP contribution in [-0.4, -0.2) is 49.6 Å². The van der Waals surface area contributed by atoms with Crippen molar-refractivity contribution in [3.05, 3.63) is 29.8 Å². The van der Waals surface area contributed by atoms with Crippen LogP contribution in [0, 0.1) is 11.6 Å². The highest BCUT2D eigenvalue weighted by atomic mass is 19.1. The van der Waals surface area contributed by atoms with Gasteiger partial charge in [-0.15, -0.1) is 0 Å². The van der Waals surface area contributed by atoms with Crippen molar-refractivity contribution in [2.24, 2.45) is 0 Å². The fourth-order valence-electron chi connectivity index (χ4n) is 2.52. The highest BCUT2D eigenvalue weighted by Crippen LogP contribution is 2.24. The predicted molar refractivity (Wildman–Crippen MR) is 82.9 cm³/mol. The third kappa shape index (κ3) is 4.16. The molecule has 1 fully saturated rings. The fraction of sp³-hybridized carbons (Fsp3) is 0.562. The zero-order chi connectivity index (χ0) is 16.3. The minimum Gasteiger partial charge on any atom is -0.367 e. The summed E-state index contributed by atoms with van der Waals surface area (Å²) in [5, 5.41) is 2.98. The van der Waals surface area contributed by atoms with Crippen LogP contribution in [-0.2, 0) is 4.79 Å². The lowest BCUT2D eigenvalue weighted by Crippen LogP contribution is -2.43. The molecule has 1 atom stereocenters. The van der Waals surface area contributed by atoms with Gasteiger partial charge < -0.3 is 10.2 Å². The van der Waals surface area contributed by atoms with Gasteiger partial charge in [-0.25, -0.2) is 8.78 Å². The number of hydrogen-bond donors (Lipinski definition) is 1. The molecule has 0 saturated carbocycles. The van der Waals surface area contributed by atoms with Crippen molar-refractivity contribution >= 4 is 11.6 Å². The topological polar surface area (TPSA) is 35.6 Å². The molecule has 1 aromatic carbocycles. The van der Waals surface area contributed by atoms with Crippen LogP contribution in [0.3, 0.4) is 0 Å². The monoisotopic (exact) mass is 311 g/mol. The minimum atomic E-state index is -0.581. The zero-order valence-corrected chi connectivity index (χ0v) is 13.3. The summed E-state index contributed by atoms with van der Waals surface area (Å²) in [5.41, 5.74) is 0.387. The molecular weight excluding hydrogens is 288 g/mol. The van der Waals surface area contributed by atoms with Crippen LogP contribution in [0.4, 0.5) is 14.5 Å². The lowest BCUT2D eigenvalue weighted by Gasteiger charge is -2.22. The lowest BCUT2D eigenvalue weighted by atomic mass is 10.2. The molecule has 0 unspecified atom stereocenters. The van der Waals surface area contributed by atoms with Crippen molar-refractivity contribution < 1.29 is 13.6 Å². The first-order valence-corrected chi connectivity index (χ1v) is 7.56. The van der Waals surface area contributed by atoms with Crippen molar-refractivity contribution in [3.63, 3.8) is 0 Å². The van der Waals surface area contributed by atoms with E-state index in [-0.39, 0.29) is 11.9 Å². The third-order valence-electron chi connectivity index (χ3n) is 4.08. The second kappa shape index (κ2) is 7.05. The van der Waals surface area contributed by atoms with E-state index in [1.165, 1.54) is 12.1 Å². The molecule has 1 amide bonds. The van der Waals surface area contributed by atoms with E-state index in [1.54, 1.807) is 0 Å². The molecule has 1 aromatic rings. The Morgan fingerprint density at radius 3 is 2.82 bits per heavy atom. The summed E-state index contributed by atoms with van der Waals surface area (Å²) in [5.74, 6) is -1.17. The maximum atomic E-state index is 13.8. The van der Waals surface area contributed by atoms with E-state index in [2.05, 4.69) is 5.32 Å². The Morgan fingerprint density at radius 2 is 2.18 bits per heavy atom. The maximum absolute atomic E-state index is 13.8. The van der Waals surface area contributed by atoms with Gasteiger partial charge in [0.1, 0.15) is 11.6 Å². The SMILES string of the molecule is CC(C)N(C)CC(=O)N[C@H]1CCN(c2ccc(F)cc2F)C1. The van der Waals surface area contributed by atoms with Gasteiger partial charge in [-0.05, 0) is 39.4 Å². The first-order chi connectivity index (χ1) is 10.4. The van der Waals surface area contributed by atoms with Crippen LogP contribution in [0.1, 0.15) is 20.3 Å². The number of carbonyl (C=O) groups excluding carboxylic acids is 1. The van der Waals surface area contributed by atoms with E-state index in [0.717, 1.165) is 12.5 Å². The zero-order valence-electron chi connectivity index (χ0n) is 13.3. The van der Waals surface area contributed by atoms with Crippen LogP contribution >= 0.6 is 0 Å². The second-order valence-corrected chi connectivity index (χ2v) is 6.10. The van der Waals surface area contributed by atoms with Crippen LogP contribution in [0.25, 0.3) is 0 Å². The Morgan fingerprint density at radius 1 is 1.45 bits per heavy atom. The number of hydrogen-bond acceptors (Lipinski definition) is 3. The Hall–Kier alpha value is -1.69. The van der Waals surface area contributed by atoms with Crippen molar-refractivity contribution in [2.75, 3.05) is 31.6 Å². The van der Waals surface area contributed by atoms with Gasteiger partial charge in [-0.1, -0.05) is 0 Å². The summed E-state index contributed by atoms with van der Waals surface area (Å²) in [6.07, 6.45) is 0.758. The Bertz CT molecular complexity index is 536. The molecule has 1 saturated heterocycles. The smallest absolute Gasteiger partial charge is 0.234 e. The predicted octanol–water partition coefficient (Wildman–Crippen LogP) is 2.00. The Kier molecular flexibility index (Phi) is 5.34. The molecule has 0 radical (unpaired) electrons. The van der Waals surface area contributed by atoms with Gasteiger partial charge in [0.05, 0.1) is 12.2 Å². The molecule has 6 heteroatoms. The number of halogens is 2. The molecule has 1 N–H and O–H groups in total. The molecule has 1 aliphatic rings. The molecule has 22 heavy (non-hydrogen) atoms. The number of rotatable bonds is 5. The summed E-state index contributed by atoms with van der Waals surface area (Å²) in [7, 11) is 1.90. The molecule has 1 heterocycles.